The smallest absolute Gasteiger partial charge is 0.238 e. The third-order valence-electron chi connectivity index (χ3n) is 3.66. The number of nitrogens with zero attached hydrogens (tertiary/aromatic N) is 1. The van der Waals surface area contributed by atoms with Gasteiger partial charge in [-0.1, -0.05) is 6.92 Å². The molecule has 2 rings (SSSR count). The zero-order chi connectivity index (χ0) is 18.2. The SMILES string of the molecule is CCN(CC(=O)Nc1ccc2c(c1)OCCCO2)CC(=O)NC(C)C. The Morgan fingerprint density at radius 2 is 1.80 bits per heavy atom. The average molecular weight is 349 g/mol. The number of hydrogen-bond acceptors (Lipinski definition) is 5. The first-order chi connectivity index (χ1) is 12.0. The van der Waals surface area contributed by atoms with Crippen LogP contribution in [0.2, 0.25) is 0 Å². The minimum atomic E-state index is -0.173. The van der Waals surface area contributed by atoms with E-state index in [2.05, 4.69) is 10.6 Å². The summed E-state index contributed by atoms with van der Waals surface area (Å²) in [5.74, 6) is 1.07. The van der Waals surface area contributed by atoms with Crippen LogP contribution >= 0.6 is 0 Å². The van der Waals surface area contributed by atoms with E-state index in [1.165, 1.54) is 0 Å². The predicted molar refractivity (Wildman–Crippen MR) is 96.1 cm³/mol. The Hall–Kier alpha value is -2.28. The van der Waals surface area contributed by atoms with Crippen molar-refractivity contribution in [3.63, 3.8) is 0 Å². The number of carbonyl (C=O) groups excluding carboxylic acids is 2. The first-order valence-corrected chi connectivity index (χ1v) is 8.69. The second-order valence-electron chi connectivity index (χ2n) is 6.29. The van der Waals surface area contributed by atoms with Crippen molar-refractivity contribution in [2.75, 3.05) is 38.2 Å². The maximum absolute atomic E-state index is 12.3. The number of anilines is 1. The lowest BCUT2D eigenvalue weighted by Crippen LogP contribution is -2.42. The quantitative estimate of drug-likeness (QED) is 0.782. The van der Waals surface area contributed by atoms with Crippen LogP contribution in [-0.2, 0) is 9.59 Å². The topological polar surface area (TPSA) is 79.9 Å². The average Bonchev–Trinajstić information content (AvgIpc) is 2.78. The molecule has 0 fully saturated rings. The van der Waals surface area contributed by atoms with Gasteiger partial charge < -0.3 is 20.1 Å². The van der Waals surface area contributed by atoms with Gasteiger partial charge in [0.25, 0.3) is 0 Å². The van der Waals surface area contributed by atoms with Gasteiger partial charge in [-0.25, -0.2) is 0 Å². The summed E-state index contributed by atoms with van der Waals surface area (Å²) in [5, 5.41) is 5.67. The Labute approximate surface area is 148 Å². The molecular formula is C18H27N3O4. The molecule has 0 radical (unpaired) electrons. The minimum Gasteiger partial charge on any atom is -0.490 e. The molecule has 0 unspecified atom stereocenters. The lowest BCUT2D eigenvalue weighted by Gasteiger charge is -2.20. The Bertz CT molecular complexity index is 604. The second kappa shape index (κ2) is 9.27. The van der Waals surface area contributed by atoms with Crippen molar-refractivity contribution in [2.45, 2.75) is 33.2 Å². The van der Waals surface area contributed by atoms with Crippen LogP contribution < -0.4 is 20.1 Å². The third kappa shape index (κ3) is 6.26. The van der Waals surface area contributed by atoms with Crippen molar-refractivity contribution in [3.05, 3.63) is 18.2 Å². The monoisotopic (exact) mass is 349 g/mol. The van der Waals surface area contributed by atoms with Crippen molar-refractivity contribution in [1.29, 1.82) is 0 Å². The van der Waals surface area contributed by atoms with Gasteiger partial charge in [0.05, 0.1) is 26.3 Å². The minimum absolute atomic E-state index is 0.0831. The highest BCUT2D eigenvalue weighted by molar-refractivity contribution is 5.93. The van der Waals surface area contributed by atoms with Gasteiger partial charge in [-0.3, -0.25) is 14.5 Å². The van der Waals surface area contributed by atoms with Crippen LogP contribution in [0, 0.1) is 0 Å². The number of fused-ring (bicyclic) bond motifs is 1. The molecule has 0 saturated carbocycles. The fraction of sp³-hybridized carbons (Fsp3) is 0.556. The maximum Gasteiger partial charge on any atom is 0.238 e. The molecule has 7 heteroatoms. The molecule has 1 aliphatic heterocycles. The van der Waals surface area contributed by atoms with Gasteiger partial charge in [-0.2, -0.15) is 0 Å². The summed E-state index contributed by atoms with van der Waals surface area (Å²) in [6.45, 7) is 7.92. The van der Waals surface area contributed by atoms with Crippen LogP contribution in [0.15, 0.2) is 18.2 Å². The van der Waals surface area contributed by atoms with Crippen LogP contribution in [0.4, 0.5) is 5.69 Å². The van der Waals surface area contributed by atoms with Crippen LogP contribution in [0.3, 0.4) is 0 Å². The largest absolute Gasteiger partial charge is 0.490 e. The molecule has 2 amide bonds. The number of amides is 2. The summed E-state index contributed by atoms with van der Waals surface area (Å²) < 4.78 is 11.2. The summed E-state index contributed by atoms with van der Waals surface area (Å²) in [6, 6.07) is 5.43. The van der Waals surface area contributed by atoms with Gasteiger partial charge in [0.15, 0.2) is 11.5 Å². The molecule has 1 aliphatic rings. The van der Waals surface area contributed by atoms with Crippen LogP contribution in [0.1, 0.15) is 27.2 Å². The van der Waals surface area contributed by atoms with E-state index in [9.17, 15) is 9.59 Å². The second-order valence-corrected chi connectivity index (χ2v) is 6.29. The lowest BCUT2D eigenvalue weighted by molar-refractivity contribution is -0.123. The summed E-state index contributed by atoms with van der Waals surface area (Å²) in [5.41, 5.74) is 0.650. The number of likely N-dealkylation sites (N-methyl/N-ethyl adjacent to an activating group) is 1. The Kier molecular flexibility index (Phi) is 7.06. The van der Waals surface area contributed by atoms with Gasteiger partial charge in [0.1, 0.15) is 0 Å². The number of benzene rings is 1. The number of hydrogen-bond donors (Lipinski definition) is 2. The van der Waals surface area contributed by atoms with Crippen LogP contribution in [0.25, 0.3) is 0 Å². The van der Waals surface area contributed by atoms with E-state index in [4.69, 9.17) is 9.47 Å². The summed E-state index contributed by atoms with van der Waals surface area (Å²) >= 11 is 0. The van der Waals surface area contributed by atoms with Crippen molar-refractivity contribution in [1.82, 2.24) is 10.2 Å². The molecular weight excluding hydrogens is 322 g/mol. The standard InChI is InChI=1S/C18H27N3O4/c1-4-21(11-17(22)19-13(2)3)12-18(23)20-14-6-7-15-16(10-14)25-9-5-8-24-15/h6-7,10,13H,4-5,8-9,11-12H2,1-3H3,(H,19,22)(H,20,23). The molecule has 2 N–H and O–H groups in total. The van der Waals surface area contributed by atoms with Crippen molar-refractivity contribution in [2.24, 2.45) is 0 Å². The Morgan fingerprint density at radius 3 is 2.48 bits per heavy atom. The van der Waals surface area contributed by atoms with Crippen LogP contribution in [0.5, 0.6) is 11.5 Å². The number of nitrogens with one attached hydrogen (secondary N) is 2. The van der Waals surface area contributed by atoms with E-state index >= 15 is 0 Å². The molecule has 0 bridgehead atoms. The number of carbonyl (C=O) groups is 2. The molecule has 0 saturated heterocycles. The van der Waals surface area contributed by atoms with E-state index in [-0.39, 0.29) is 30.9 Å². The Morgan fingerprint density at radius 1 is 1.12 bits per heavy atom. The van der Waals surface area contributed by atoms with Crippen LogP contribution in [-0.4, -0.2) is 55.6 Å². The molecule has 138 valence electrons. The Balaban J connectivity index is 1.90. The van der Waals surface area contributed by atoms with E-state index in [0.717, 1.165) is 6.42 Å². The molecule has 0 aromatic heterocycles. The zero-order valence-corrected chi connectivity index (χ0v) is 15.1. The molecule has 7 nitrogen and oxygen atoms in total. The highest BCUT2D eigenvalue weighted by Gasteiger charge is 2.15. The third-order valence-corrected chi connectivity index (χ3v) is 3.66. The first kappa shape index (κ1) is 19.1. The van der Waals surface area contributed by atoms with Crippen molar-refractivity contribution < 1.29 is 19.1 Å². The summed E-state index contributed by atoms with van der Waals surface area (Å²) in [6.07, 6.45) is 0.834. The normalized spacial score (nSPS) is 13.5. The molecule has 1 aromatic rings. The van der Waals surface area contributed by atoms with E-state index < -0.39 is 0 Å². The molecule has 0 atom stereocenters. The van der Waals surface area contributed by atoms with Gasteiger partial charge in [0, 0.05) is 24.2 Å². The number of rotatable bonds is 7. The molecule has 1 heterocycles. The number of ether oxygens (including phenoxy) is 2. The molecule has 0 aliphatic carbocycles. The summed E-state index contributed by atoms with van der Waals surface area (Å²) in [4.78, 5) is 25.9. The fourth-order valence-electron chi connectivity index (χ4n) is 2.49. The van der Waals surface area contributed by atoms with Gasteiger partial charge >= 0.3 is 0 Å². The predicted octanol–water partition coefficient (Wildman–Crippen LogP) is 1.63. The zero-order valence-electron chi connectivity index (χ0n) is 15.1. The van der Waals surface area contributed by atoms with Crippen molar-refractivity contribution >= 4 is 17.5 Å². The molecule has 25 heavy (non-hydrogen) atoms. The highest BCUT2D eigenvalue weighted by Crippen LogP contribution is 2.32. The van der Waals surface area contributed by atoms with Gasteiger partial charge in [0.2, 0.25) is 11.8 Å². The van der Waals surface area contributed by atoms with Crippen molar-refractivity contribution in [3.8, 4) is 11.5 Å². The highest BCUT2D eigenvalue weighted by atomic mass is 16.5. The van der Waals surface area contributed by atoms with E-state index in [1.54, 1.807) is 23.1 Å². The van der Waals surface area contributed by atoms with Gasteiger partial charge in [-0.15, -0.1) is 0 Å². The fourth-order valence-corrected chi connectivity index (χ4v) is 2.49. The molecule has 0 spiro atoms. The molecule has 1 aromatic carbocycles. The van der Waals surface area contributed by atoms with E-state index in [1.807, 2.05) is 20.8 Å². The van der Waals surface area contributed by atoms with Gasteiger partial charge in [-0.05, 0) is 32.5 Å². The first-order valence-electron chi connectivity index (χ1n) is 8.69. The maximum atomic E-state index is 12.3. The lowest BCUT2D eigenvalue weighted by atomic mass is 10.2. The van der Waals surface area contributed by atoms with E-state index in [0.29, 0.717) is 36.9 Å². The summed E-state index contributed by atoms with van der Waals surface area (Å²) in [7, 11) is 0.